The number of nitrogens with one attached hydrogen (secondary N) is 1. The van der Waals surface area contributed by atoms with Crippen LogP contribution in [0.15, 0.2) is 83.8 Å². The summed E-state index contributed by atoms with van der Waals surface area (Å²) in [5.41, 5.74) is 4.23. The summed E-state index contributed by atoms with van der Waals surface area (Å²) in [6, 6.07) is 23.6. The Morgan fingerprint density at radius 1 is 0.903 bits per heavy atom. The first-order valence-corrected chi connectivity index (χ1v) is 11.4. The Morgan fingerprint density at radius 3 is 2.29 bits per heavy atom. The predicted octanol–water partition coefficient (Wildman–Crippen LogP) is 4.76. The number of benzene rings is 3. The lowest BCUT2D eigenvalue weighted by Crippen LogP contribution is -2.13. The third-order valence-electron chi connectivity index (χ3n) is 4.78. The monoisotopic (exact) mass is 453 g/mol. The van der Waals surface area contributed by atoms with Crippen LogP contribution in [0.5, 0.6) is 0 Å². The first kappa shape index (κ1) is 21.3. The number of hydrogen-bond acceptors (Lipinski definition) is 4. The lowest BCUT2D eigenvalue weighted by molar-refractivity contribution is 0.105. The van der Waals surface area contributed by atoms with Crippen molar-refractivity contribution in [3.63, 3.8) is 0 Å². The summed E-state index contributed by atoms with van der Waals surface area (Å²) < 4.78 is 30.2. The summed E-state index contributed by atoms with van der Waals surface area (Å²) in [5, 5.41) is 13.5. The van der Waals surface area contributed by atoms with Crippen molar-refractivity contribution < 1.29 is 13.2 Å². The maximum absolute atomic E-state index is 12.2. The van der Waals surface area contributed by atoms with Crippen LogP contribution in [0.2, 0.25) is 5.02 Å². The zero-order valence-electron chi connectivity index (χ0n) is 16.5. The molecule has 3 aromatic carbocycles. The van der Waals surface area contributed by atoms with Gasteiger partial charge >= 0.3 is 0 Å². The van der Waals surface area contributed by atoms with Gasteiger partial charge in [0.05, 0.1) is 23.8 Å². The van der Waals surface area contributed by atoms with E-state index in [0.29, 0.717) is 22.9 Å². The average Bonchev–Trinajstić information content (AvgIpc) is 3.18. The number of hydrogen-bond donors (Lipinski definition) is 2. The number of H-pyrrole nitrogens is 1. The number of nitrogens with zero attached hydrogens (tertiary/aromatic N) is 1. The molecule has 0 aliphatic carbocycles. The molecule has 0 fully saturated rings. The molecule has 0 aliphatic heterocycles. The third kappa shape index (κ3) is 4.86. The molecule has 8 heteroatoms. The first-order chi connectivity index (χ1) is 14.9. The maximum Gasteiger partial charge on any atom is 0.238 e. The molecule has 3 N–H and O–H groups in total. The normalized spacial score (nSPS) is 11.5. The summed E-state index contributed by atoms with van der Waals surface area (Å²) in [6.07, 6.45) is 0. The standard InChI is InChI=1S/C23H20ClN3O3S/c24-18-12-10-17(11-13-18)22-20(15-30-14-16-6-2-1-3-7-16)26-27-23(22)19-8-4-5-9-21(19)31(25,28)29/h1-13H,14-15H2,(H,26,27)(H2,25,28,29). The van der Waals surface area contributed by atoms with Crippen LogP contribution in [-0.2, 0) is 28.0 Å². The van der Waals surface area contributed by atoms with Gasteiger partial charge in [0.1, 0.15) is 5.69 Å². The minimum atomic E-state index is -3.94. The summed E-state index contributed by atoms with van der Waals surface area (Å²) in [4.78, 5) is 0.00784. The number of primary sulfonamides is 1. The summed E-state index contributed by atoms with van der Waals surface area (Å²) >= 11 is 6.06. The Morgan fingerprint density at radius 2 is 1.58 bits per heavy atom. The molecule has 1 heterocycles. The number of aromatic nitrogens is 2. The van der Waals surface area contributed by atoms with Gasteiger partial charge in [0.2, 0.25) is 10.0 Å². The number of ether oxygens (including phenoxy) is 1. The highest BCUT2D eigenvalue weighted by Crippen LogP contribution is 2.36. The van der Waals surface area contributed by atoms with E-state index in [1.54, 1.807) is 30.3 Å². The smallest absolute Gasteiger partial charge is 0.238 e. The molecule has 0 amide bonds. The van der Waals surface area contributed by atoms with Crippen molar-refractivity contribution >= 4 is 21.6 Å². The second kappa shape index (κ2) is 9.03. The van der Waals surface area contributed by atoms with E-state index >= 15 is 0 Å². The molecule has 4 rings (SSSR count). The number of rotatable bonds is 7. The summed E-state index contributed by atoms with van der Waals surface area (Å²) in [6.45, 7) is 0.695. The fraction of sp³-hybridized carbons (Fsp3) is 0.0870. The van der Waals surface area contributed by atoms with Crippen LogP contribution in [0.3, 0.4) is 0 Å². The molecular formula is C23H20ClN3O3S. The van der Waals surface area contributed by atoms with Gasteiger partial charge in [0.15, 0.2) is 0 Å². The molecule has 0 unspecified atom stereocenters. The van der Waals surface area contributed by atoms with Crippen molar-refractivity contribution in [1.82, 2.24) is 10.2 Å². The van der Waals surface area contributed by atoms with Gasteiger partial charge in [0, 0.05) is 16.1 Å². The third-order valence-corrected chi connectivity index (χ3v) is 6.00. The highest BCUT2D eigenvalue weighted by Gasteiger charge is 2.22. The Kier molecular flexibility index (Phi) is 6.20. The van der Waals surface area contributed by atoms with Crippen LogP contribution < -0.4 is 5.14 Å². The van der Waals surface area contributed by atoms with E-state index in [0.717, 1.165) is 22.4 Å². The van der Waals surface area contributed by atoms with E-state index < -0.39 is 10.0 Å². The van der Waals surface area contributed by atoms with Crippen molar-refractivity contribution in [3.05, 3.63) is 95.1 Å². The highest BCUT2D eigenvalue weighted by molar-refractivity contribution is 7.89. The molecule has 0 aliphatic rings. The van der Waals surface area contributed by atoms with Gasteiger partial charge in [-0.25, -0.2) is 13.6 Å². The molecular weight excluding hydrogens is 434 g/mol. The Bertz CT molecular complexity index is 1290. The molecule has 0 atom stereocenters. The first-order valence-electron chi connectivity index (χ1n) is 9.50. The fourth-order valence-electron chi connectivity index (χ4n) is 3.36. The molecule has 31 heavy (non-hydrogen) atoms. The SMILES string of the molecule is NS(=O)(=O)c1ccccc1-c1n[nH]c(COCc2ccccc2)c1-c1ccc(Cl)cc1. The van der Waals surface area contributed by atoms with Crippen molar-refractivity contribution in [2.45, 2.75) is 18.1 Å². The molecule has 158 valence electrons. The maximum atomic E-state index is 12.2. The van der Waals surface area contributed by atoms with Crippen molar-refractivity contribution in [2.75, 3.05) is 0 Å². The van der Waals surface area contributed by atoms with E-state index in [-0.39, 0.29) is 11.5 Å². The fourth-order valence-corrected chi connectivity index (χ4v) is 4.23. The van der Waals surface area contributed by atoms with Crippen molar-refractivity contribution in [3.8, 4) is 22.4 Å². The van der Waals surface area contributed by atoms with E-state index in [4.69, 9.17) is 21.5 Å². The van der Waals surface area contributed by atoms with Crippen LogP contribution in [0, 0.1) is 0 Å². The quantitative estimate of drug-likeness (QED) is 0.421. The van der Waals surface area contributed by atoms with Crippen molar-refractivity contribution in [1.29, 1.82) is 0 Å². The molecule has 0 saturated carbocycles. The molecule has 0 radical (unpaired) electrons. The van der Waals surface area contributed by atoms with Crippen LogP contribution in [0.4, 0.5) is 0 Å². The van der Waals surface area contributed by atoms with Gasteiger partial charge in [-0.15, -0.1) is 0 Å². The zero-order chi connectivity index (χ0) is 21.8. The number of nitrogens with two attached hydrogens (primary N) is 1. The van der Waals surface area contributed by atoms with Crippen LogP contribution in [-0.4, -0.2) is 18.6 Å². The van der Waals surface area contributed by atoms with Crippen LogP contribution in [0.25, 0.3) is 22.4 Å². The van der Waals surface area contributed by atoms with Gasteiger partial charge in [-0.1, -0.05) is 72.3 Å². The lowest BCUT2D eigenvalue weighted by Gasteiger charge is -2.10. The molecule has 0 saturated heterocycles. The Labute approximate surface area is 185 Å². The largest absolute Gasteiger partial charge is 0.370 e. The molecule has 6 nitrogen and oxygen atoms in total. The number of sulfonamides is 1. The predicted molar refractivity (Wildman–Crippen MR) is 121 cm³/mol. The van der Waals surface area contributed by atoms with Gasteiger partial charge in [-0.2, -0.15) is 5.10 Å². The van der Waals surface area contributed by atoms with Gasteiger partial charge < -0.3 is 4.74 Å². The van der Waals surface area contributed by atoms with Gasteiger partial charge in [0.25, 0.3) is 0 Å². The van der Waals surface area contributed by atoms with Crippen molar-refractivity contribution in [2.24, 2.45) is 5.14 Å². The molecule has 4 aromatic rings. The molecule has 0 spiro atoms. The molecule has 1 aromatic heterocycles. The van der Waals surface area contributed by atoms with E-state index in [2.05, 4.69) is 10.2 Å². The number of halogens is 1. The van der Waals surface area contributed by atoms with Gasteiger partial charge in [-0.05, 0) is 29.3 Å². The summed E-state index contributed by atoms with van der Waals surface area (Å²) in [5.74, 6) is 0. The topological polar surface area (TPSA) is 98.1 Å². The number of aromatic amines is 1. The van der Waals surface area contributed by atoms with Gasteiger partial charge in [-0.3, -0.25) is 5.10 Å². The minimum absolute atomic E-state index is 0.00784. The lowest BCUT2D eigenvalue weighted by atomic mass is 9.99. The second-order valence-electron chi connectivity index (χ2n) is 6.95. The molecule has 0 bridgehead atoms. The van der Waals surface area contributed by atoms with Crippen LogP contribution >= 0.6 is 11.6 Å². The second-order valence-corrected chi connectivity index (χ2v) is 8.92. The Balaban J connectivity index is 1.76. The Hall–Kier alpha value is -2.97. The van der Waals surface area contributed by atoms with E-state index in [1.807, 2.05) is 42.5 Å². The van der Waals surface area contributed by atoms with E-state index in [9.17, 15) is 8.42 Å². The summed E-state index contributed by atoms with van der Waals surface area (Å²) in [7, 11) is -3.94. The average molecular weight is 454 g/mol. The minimum Gasteiger partial charge on any atom is -0.370 e. The zero-order valence-corrected chi connectivity index (χ0v) is 18.0. The van der Waals surface area contributed by atoms with E-state index in [1.165, 1.54) is 6.07 Å². The van der Waals surface area contributed by atoms with Crippen LogP contribution in [0.1, 0.15) is 11.3 Å². The highest BCUT2D eigenvalue weighted by atomic mass is 35.5.